The quantitative estimate of drug-likeness (QED) is 0.725. The number of para-hydroxylation sites is 1. The number of carbonyl (C=O) groups is 1. The van der Waals surface area contributed by atoms with Gasteiger partial charge in [0.1, 0.15) is 0 Å². The van der Waals surface area contributed by atoms with Gasteiger partial charge in [-0.2, -0.15) is 12.5 Å². The lowest BCUT2D eigenvalue weighted by molar-refractivity contribution is 0.142. The number of nitrogens with zero attached hydrogens (tertiary/aromatic N) is 4. The molecule has 2 aromatic carbocycles. The van der Waals surface area contributed by atoms with Gasteiger partial charge in [-0.05, 0) is 31.2 Å². The summed E-state index contributed by atoms with van der Waals surface area (Å²) in [5.74, 6) is 0.552. The second-order valence-electron chi connectivity index (χ2n) is 6.76. The molecular formula is C19H20N4O4S. The molecule has 8 nitrogen and oxygen atoms in total. The molecule has 1 N–H and O–H groups in total. The second-order valence-corrected chi connectivity index (χ2v) is 8.53. The van der Waals surface area contributed by atoms with Crippen LogP contribution in [0.5, 0.6) is 0 Å². The Morgan fingerprint density at radius 3 is 2.29 bits per heavy atom. The van der Waals surface area contributed by atoms with Crippen LogP contribution in [0.2, 0.25) is 0 Å². The number of rotatable bonds is 3. The van der Waals surface area contributed by atoms with E-state index < -0.39 is 16.1 Å². The number of aryl methyl sites for hydroxylation is 1. The molecule has 2 heterocycles. The summed E-state index contributed by atoms with van der Waals surface area (Å²) >= 11 is 0. The largest absolute Gasteiger partial charge is 0.465 e. The van der Waals surface area contributed by atoms with Crippen LogP contribution in [0.3, 0.4) is 0 Å². The average molecular weight is 400 g/mol. The van der Waals surface area contributed by atoms with Crippen LogP contribution in [0.4, 0.5) is 10.6 Å². The highest BCUT2D eigenvalue weighted by molar-refractivity contribution is 7.90. The van der Waals surface area contributed by atoms with Gasteiger partial charge in [0.2, 0.25) is 0 Å². The molecule has 0 unspecified atom stereocenters. The van der Waals surface area contributed by atoms with E-state index in [0.29, 0.717) is 37.5 Å². The first kappa shape index (κ1) is 18.3. The molecule has 0 spiro atoms. The Bertz CT molecular complexity index is 1130. The van der Waals surface area contributed by atoms with E-state index in [0.717, 1.165) is 15.0 Å². The fraction of sp³-hybridized carbons (Fsp3) is 0.263. The molecule has 3 aromatic rings. The molecule has 0 saturated carbocycles. The van der Waals surface area contributed by atoms with Crippen molar-refractivity contribution in [3.8, 4) is 0 Å². The average Bonchev–Trinajstić information content (AvgIpc) is 3.09. The zero-order valence-electron chi connectivity index (χ0n) is 15.3. The van der Waals surface area contributed by atoms with Crippen LogP contribution < -0.4 is 4.90 Å². The molecule has 1 saturated heterocycles. The van der Waals surface area contributed by atoms with Gasteiger partial charge in [0.15, 0.2) is 5.82 Å². The zero-order valence-corrected chi connectivity index (χ0v) is 16.1. The van der Waals surface area contributed by atoms with Gasteiger partial charge in [0.05, 0.1) is 10.4 Å². The molecule has 28 heavy (non-hydrogen) atoms. The highest BCUT2D eigenvalue weighted by Crippen LogP contribution is 2.29. The summed E-state index contributed by atoms with van der Waals surface area (Å²) in [4.78, 5) is 14.6. The van der Waals surface area contributed by atoms with E-state index in [2.05, 4.69) is 5.10 Å². The number of hydrogen-bond acceptors (Lipinski definition) is 5. The van der Waals surface area contributed by atoms with Gasteiger partial charge in [-0.1, -0.05) is 29.8 Å². The predicted molar refractivity (Wildman–Crippen MR) is 105 cm³/mol. The number of fused-ring (bicyclic) bond motifs is 1. The molecule has 1 aliphatic heterocycles. The minimum absolute atomic E-state index is 0.175. The van der Waals surface area contributed by atoms with E-state index in [4.69, 9.17) is 5.11 Å². The Labute approximate surface area is 162 Å². The summed E-state index contributed by atoms with van der Waals surface area (Å²) in [5, 5.41) is 14.3. The van der Waals surface area contributed by atoms with Gasteiger partial charge in [-0.25, -0.2) is 4.79 Å². The summed E-state index contributed by atoms with van der Waals surface area (Å²) in [6.45, 7) is 3.51. The number of hydrogen-bond donors (Lipinski definition) is 1. The third-order valence-electron chi connectivity index (χ3n) is 4.93. The number of carboxylic acid groups (broad SMARTS) is 1. The Balaban J connectivity index is 1.77. The Morgan fingerprint density at radius 1 is 1.00 bits per heavy atom. The normalized spacial score (nSPS) is 15.2. The standard InChI is InChI=1S/C19H20N4O4S/c1-14-6-8-15(9-7-14)28(26,27)23-17-5-3-2-4-16(17)18(20-23)21-10-12-22(13-11-21)19(24)25/h2-9H,10-13H2,1H3,(H,24,25). The van der Waals surface area contributed by atoms with Gasteiger partial charge < -0.3 is 14.9 Å². The minimum atomic E-state index is -3.85. The number of piperazine rings is 1. The molecule has 1 amide bonds. The minimum Gasteiger partial charge on any atom is -0.465 e. The van der Waals surface area contributed by atoms with E-state index in [1.165, 1.54) is 4.90 Å². The van der Waals surface area contributed by atoms with E-state index >= 15 is 0 Å². The second kappa shape index (κ2) is 6.83. The number of benzene rings is 2. The Kier molecular flexibility index (Phi) is 4.46. The number of amides is 1. The van der Waals surface area contributed by atoms with Crippen molar-refractivity contribution in [3.05, 3.63) is 54.1 Å². The Morgan fingerprint density at radius 2 is 1.64 bits per heavy atom. The van der Waals surface area contributed by atoms with Crippen molar-refractivity contribution in [3.63, 3.8) is 0 Å². The van der Waals surface area contributed by atoms with Crippen molar-refractivity contribution in [2.45, 2.75) is 11.8 Å². The van der Waals surface area contributed by atoms with E-state index in [-0.39, 0.29) is 4.90 Å². The van der Waals surface area contributed by atoms with Crippen LogP contribution in [0.1, 0.15) is 5.56 Å². The molecular weight excluding hydrogens is 380 g/mol. The van der Waals surface area contributed by atoms with Gasteiger partial charge >= 0.3 is 6.09 Å². The maximum atomic E-state index is 13.2. The van der Waals surface area contributed by atoms with Crippen LogP contribution in [0.15, 0.2) is 53.4 Å². The lowest BCUT2D eigenvalue weighted by atomic mass is 10.2. The van der Waals surface area contributed by atoms with Gasteiger partial charge in [-0.15, -0.1) is 5.10 Å². The summed E-state index contributed by atoms with van der Waals surface area (Å²) in [7, 11) is -3.85. The Hall–Kier alpha value is -3.07. The molecule has 4 rings (SSSR count). The number of anilines is 1. The summed E-state index contributed by atoms with van der Waals surface area (Å²) in [6.07, 6.45) is -0.947. The summed E-state index contributed by atoms with van der Waals surface area (Å²) < 4.78 is 27.5. The zero-order chi connectivity index (χ0) is 19.9. The maximum Gasteiger partial charge on any atom is 0.407 e. The summed E-state index contributed by atoms with van der Waals surface area (Å²) in [5.41, 5.74) is 1.47. The molecule has 1 aromatic heterocycles. The van der Waals surface area contributed by atoms with E-state index in [1.807, 2.05) is 24.0 Å². The van der Waals surface area contributed by atoms with Crippen LogP contribution in [0.25, 0.3) is 10.9 Å². The molecule has 9 heteroatoms. The van der Waals surface area contributed by atoms with Crippen LogP contribution >= 0.6 is 0 Å². The van der Waals surface area contributed by atoms with Crippen molar-refractivity contribution in [1.82, 2.24) is 14.1 Å². The monoisotopic (exact) mass is 400 g/mol. The SMILES string of the molecule is Cc1ccc(S(=O)(=O)n2nc(N3CCN(C(=O)O)CC3)c3ccccc32)cc1. The molecule has 0 bridgehead atoms. The molecule has 0 aliphatic carbocycles. The van der Waals surface area contributed by atoms with Gasteiger partial charge in [0, 0.05) is 31.6 Å². The van der Waals surface area contributed by atoms with Crippen LogP contribution in [0, 0.1) is 6.92 Å². The first-order chi connectivity index (χ1) is 13.4. The third-order valence-corrected chi connectivity index (χ3v) is 6.53. The van der Waals surface area contributed by atoms with Gasteiger partial charge in [0.25, 0.3) is 10.0 Å². The third kappa shape index (κ3) is 3.07. The lowest BCUT2D eigenvalue weighted by Gasteiger charge is -2.33. The van der Waals surface area contributed by atoms with E-state index in [9.17, 15) is 13.2 Å². The molecule has 0 radical (unpaired) electrons. The van der Waals surface area contributed by atoms with Crippen molar-refractivity contribution < 1.29 is 18.3 Å². The molecule has 1 fully saturated rings. The van der Waals surface area contributed by atoms with Crippen molar-refractivity contribution in [2.24, 2.45) is 0 Å². The predicted octanol–water partition coefficient (Wildman–Crippen LogP) is 2.38. The smallest absolute Gasteiger partial charge is 0.407 e. The van der Waals surface area contributed by atoms with Crippen LogP contribution in [-0.4, -0.2) is 59.9 Å². The van der Waals surface area contributed by atoms with Gasteiger partial charge in [-0.3, -0.25) is 0 Å². The van der Waals surface area contributed by atoms with Crippen molar-refractivity contribution in [2.75, 3.05) is 31.1 Å². The summed E-state index contributed by atoms with van der Waals surface area (Å²) in [6, 6.07) is 13.8. The fourth-order valence-corrected chi connectivity index (χ4v) is 4.64. The molecule has 0 atom stereocenters. The van der Waals surface area contributed by atoms with Crippen LogP contribution in [-0.2, 0) is 10.0 Å². The maximum absolute atomic E-state index is 13.2. The lowest BCUT2D eigenvalue weighted by Crippen LogP contribution is -2.48. The highest BCUT2D eigenvalue weighted by atomic mass is 32.2. The first-order valence-corrected chi connectivity index (χ1v) is 10.3. The molecule has 1 aliphatic rings. The first-order valence-electron chi connectivity index (χ1n) is 8.91. The molecule has 146 valence electrons. The van der Waals surface area contributed by atoms with Crippen molar-refractivity contribution >= 4 is 32.8 Å². The van der Waals surface area contributed by atoms with Crippen molar-refractivity contribution in [1.29, 1.82) is 0 Å². The fourth-order valence-electron chi connectivity index (χ4n) is 3.36. The topological polar surface area (TPSA) is 95.7 Å². The van der Waals surface area contributed by atoms with E-state index in [1.54, 1.807) is 36.4 Å². The highest BCUT2D eigenvalue weighted by Gasteiger charge is 2.27. The number of aromatic nitrogens is 2.